The molecule has 2 aromatic rings. The molecule has 0 saturated carbocycles. The Kier molecular flexibility index (Phi) is 12.8. The first kappa shape index (κ1) is 33.9. The zero-order chi connectivity index (χ0) is 31.5. The minimum Gasteiger partial charge on any atom is -0.490 e. The predicted molar refractivity (Wildman–Crippen MR) is 168 cm³/mol. The highest BCUT2D eigenvalue weighted by Crippen LogP contribution is 2.28. The molecule has 43 heavy (non-hydrogen) atoms. The molecule has 2 aromatic carbocycles. The Morgan fingerprint density at radius 1 is 1.09 bits per heavy atom. The fourth-order valence-electron chi connectivity index (χ4n) is 5.05. The number of hydrogen-bond donors (Lipinski definition) is 3. The summed E-state index contributed by atoms with van der Waals surface area (Å²) in [5.74, 6) is -0.177. The SMILES string of the molecule is CC(C)NC(=O)Nc1ccc2c(c1)C(=O)N([C@H](C)CO)C[C@H](C)[C@@H](CN(C)C(=O)c1ccccc1)OCCCC[C@@H](C)O2. The monoisotopic (exact) mass is 596 g/mol. The minimum atomic E-state index is -0.502. The molecule has 3 N–H and O–H groups in total. The van der Waals surface area contributed by atoms with Crippen molar-refractivity contribution in [2.24, 2.45) is 5.92 Å². The number of nitrogens with one attached hydrogen (secondary N) is 2. The highest BCUT2D eigenvalue weighted by molar-refractivity contribution is 5.99. The number of rotatable bonds is 7. The molecule has 3 rings (SSSR count). The van der Waals surface area contributed by atoms with Gasteiger partial charge in [-0.1, -0.05) is 25.1 Å². The van der Waals surface area contributed by atoms with E-state index >= 15 is 0 Å². The van der Waals surface area contributed by atoms with Crippen LogP contribution in [0.4, 0.5) is 10.5 Å². The number of carbonyl (C=O) groups excluding carboxylic acids is 3. The lowest BCUT2D eigenvalue weighted by Gasteiger charge is -2.36. The van der Waals surface area contributed by atoms with E-state index in [1.54, 1.807) is 54.1 Å². The number of ether oxygens (including phenoxy) is 2. The number of nitrogens with zero attached hydrogens (tertiary/aromatic N) is 2. The maximum Gasteiger partial charge on any atom is 0.319 e. The van der Waals surface area contributed by atoms with Crippen molar-refractivity contribution in [3.05, 3.63) is 59.7 Å². The summed E-state index contributed by atoms with van der Waals surface area (Å²) in [6.07, 6.45) is 1.95. The number of carbonyl (C=O) groups is 3. The second kappa shape index (κ2) is 16.3. The lowest BCUT2D eigenvalue weighted by atomic mass is 10.0. The van der Waals surface area contributed by atoms with Crippen molar-refractivity contribution in [2.45, 2.75) is 78.2 Å². The first-order valence-electron chi connectivity index (χ1n) is 15.2. The number of urea groups is 1. The first-order chi connectivity index (χ1) is 20.5. The Balaban J connectivity index is 1.93. The normalized spacial score (nSPS) is 20.8. The van der Waals surface area contributed by atoms with E-state index in [0.717, 1.165) is 19.3 Å². The summed E-state index contributed by atoms with van der Waals surface area (Å²) in [6.45, 7) is 10.4. The summed E-state index contributed by atoms with van der Waals surface area (Å²) in [5, 5.41) is 15.7. The van der Waals surface area contributed by atoms with Gasteiger partial charge in [0, 0.05) is 50.0 Å². The molecule has 4 atom stereocenters. The predicted octanol–water partition coefficient (Wildman–Crippen LogP) is 4.78. The van der Waals surface area contributed by atoms with Crippen LogP contribution in [-0.2, 0) is 4.74 Å². The smallest absolute Gasteiger partial charge is 0.319 e. The van der Waals surface area contributed by atoms with Gasteiger partial charge < -0.3 is 35.0 Å². The third-order valence-electron chi connectivity index (χ3n) is 7.55. The van der Waals surface area contributed by atoms with Crippen LogP contribution in [0.1, 0.15) is 74.6 Å². The maximum atomic E-state index is 14.2. The summed E-state index contributed by atoms with van der Waals surface area (Å²) in [5.41, 5.74) is 1.35. The second-order valence-electron chi connectivity index (χ2n) is 11.8. The van der Waals surface area contributed by atoms with Gasteiger partial charge in [-0.2, -0.15) is 0 Å². The van der Waals surface area contributed by atoms with Gasteiger partial charge >= 0.3 is 6.03 Å². The van der Waals surface area contributed by atoms with E-state index in [0.29, 0.717) is 35.7 Å². The molecule has 0 unspecified atom stereocenters. The average molecular weight is 597 g/mol. The molecular formula is C33H48N4O6. The molecule has 0 spiro atoms. The standard InChI is InChI=1S/C33H48N4O6/c1-22(2)34-33(41)35-27-15-16-29-28(18-27)32(40)37(24(4)21-38)19-23(3)30(42-17-11-10-12-25(5)43-29)20-36(6)31(39)26-13-8-7-9-14-26/h7-9,13-16,18,22-25,30,38H,10-12,17,19-21H2,1-6H3,(H2,34,35,41)/t23-,24+,25+,30+/m0/s1. The van der Waals surface area contributed by atoms with Gasteiger partial charge in [0.1, 0.15) is 5.75 Å². The van der Waals surface area contributed by atoms with Crippen LogP contribution in [0.2, 0.25) is 0 Å². The van der Waals surface area contributed by atoms with E-state index in [4.69, 9.17) is 9.47 Å². The molecule has 0 aromatic heterocycles. The van der Waals surface area contributed by atoms with Crippen molar-refractivity contribution in [3.8, 4) is 5.75 Å². The molecule has 0 fully saturated rings. The van der Waals surface area contributed by atoms with Crippen molar-refractivity contribution in [1.29, 1.82) is 0 Å². The molecule has 4 amide bonds. The van der Waals surface area contributed by atoms with Crippen LogP contribution in [0.3, 0.4) is 0 Å². The van der Waals surface area contributed by atoms with Gasteiger partial charge in [-0.3, -0.25) is 9.59 Å². The number of fused-ring (bicyclic) bond motifs is 1. The van der Waals surface area contributed by atoms with E-state index in [1.165, 1.54) is 0 Å². The molecule has 236 valence electrons. The fraction of sp³-hybridized carbons (Fsp3) is 0.545. The van der Waals surface area contributed by atoms with E-state index in [9.17, 15) is 19.5 Å². The first-order valence-corrected chi connectivity index (χ1v) is 15.2. The third kappa shape index (κ3) is 9.96. The van der Waals surface area contributed by atoms with Crippen molar-refractivity contribution in [3.63, 3.8) is 0 Å². The summed E-state index contributed by atoms with van der Waals surface area (Å²) in [7, 11) is 1.76. The lowest BCUT2D eigenvalue weighted by molar-refractivity contribution is -0.0149. The third-order valence-corrected chi connectivity index (χ3v) is 7.55. The molecular weight excluding hydrogens is 548 g/mol. The number of amides is 4. The number of anilines is 1. The van der Waals surface area contributed by atoms with Gasteiger partial charge in [-0.05, 0) is 77.3 Å². The number of hydrogen-bond acceptors (Lipinski definition) is 6. The van der Waals surface area contributed by atoms with Gasteiger partial charge in [0.15, 0.2) is 0 Å². The quantitative estimate of drug-likeness (QED) is 0.423. The second-order valence-corrected chi connectivity index (χ2v) is 11.8. The van der Waals surface area contributed by atoms with Crippen LogP contribution < -0.4 is 15.4 Å². The zero-order valence-corrected chi connectivity index (χ0v) is 26.3. The average Bonchev–Trinajstić information content (AvgIpc) is 2.98. The van der Waals surface area contributed by atoms with E-state index in [-0.39, 0.29) is 55.2 Å². The Morgan fingerprint density at radius 3 is 2.49 bits per heavy atom. The Hall–Kier alpha value is -3.63. The number of benzene rings is 2. The summed E-state index contributed by atoms with van der Waals surface area (Å²) >= 11 is 0. The summed E-state index contributed by atoms with van der Waals surface area (Å²) in [6, 6.07) is 13.2. The number of aliphatic hydroxyl groups excluding tert-OH is 1. The van der Waals surface area contributed by atoms with E-state index < -0.39 is 6.04 Å². The molecule has 0 bridgehead atoms. The maximum absolute atomic E-state index is 14.2. The molecule has 0 radical (unpaired) electrons. The van der Waals surface area contributed by atoms with Gasteiger partial charge in [0.25, 0.3) is 11.8 Å². The molecule has 1 heterocycles. The van der Waals surface area contributed by atoms with Crippen LogP contribution >= 0.6 is 0 Å². The number of likely N-dealkylation sites (N-methyl/N-ethyl adjacent to an activating group) is 1. The van der Waals surface area contributed by atoms with Crippen LogP contribution in [0.25, 0.3) is 0 Å². The van der Waals surface area contributed by atoms with Crippen molar-refractivity contribution in [1.82, 2.24) is 15.1 Å². The van der Waals surface area contributed by atoms with E-state index in [2.05, 4.69) is 10.6 Å². The number of aliphatic hydroxyl groups is 1. The van der Waals surface area contributed by atoms with Gasteiger partial charge in [0.2, 0.25) is 0 Å². The lowest BCUT2D eigenvalue weighted by Crippen LogP contribution is -2.48. The van der Waals surface area contributed by atoms with Crippen LogP contribution in [0.5, 0.6) is 5.75 Å². The van der Waals surface area contributed by atoms with Crippen LogP contribution in [-0.4, -0.2) is 90.4 Å². The molecule has 10 nitrogen and oxygen atoms in total. The highest BCUT2D eigenvalue weighted by atomic mass is 16.5. The highest BCUT2D eigenvalue weighted by Gasteiger charge is 2.31. The minimum absolute atomic E-state index is 0.0531. The van der Waals surface area contributed by atoms with Crippen molar-refractivity contribution in [2.75, 3.05) is 38.7 Å². The topological polar surface area (TPSA) is 120 Å². The molecule has 0 saturated heterocycles. The zero-order valence-electron chi connectivity index (χ0n) is 26.3. The molecule has 10 heteroatoms. The molecule has 1 aliphatic heterocycles. The van der Waals surface area contributed by atoms with Gasteiger partial charge in [0.05, 0.1) is 30.4 Å². The Morgan fingerprint density at radius 2 is 1.81 bits per heavy atom. The Bertz CT molecular complexity index is 1210. The fourth-order valence-corrected chi connectivity index (χ4v) is 5.05. The van der Waals surface area contributed by atoms with Crippen molar-refractivity contribution >= 4 is 23.5 Å². The van der Waals surface area contributed by atoms with Crippen LogP contribution in [0.15, 0.2) is 48.5 Å². The van der Waals surface area contributed by atoms with Crippen LogP contribution in [0, 0.1) is 5.92 Å². The molecule has 0 aliphatic carbocycles. The van der Waals surface area contributed by atoms with Gasteiger partial charge in [-0.25, -0.2) is 4.79 Å². The van der Waals surface area contributed by atoms with Crippen molar-refractivity contribution < 1.29 is 29.0 Å². The molecule has 1 aliphatic rings. The Labute approximate surface area is 255 Å². The largest absolute Gasteiger partial charge is 0.490 e. The summed E-state index contributed by atoms with van der Waals surface area (Å²) < 4.78 is 12.6. The summed E-state index contributed by atoms with van der Waals surface area (Å²) in [4.78, 5) is 43.0. The van der Waals surface area contributed by atoms with E-state index in [1.807, 2.05) is 45.9 Å². The van der Waals surface area contributed by atoms with Gasteiger partial charge in [-0.15, -0.1) is 0 Å².